The predicted octanol–water partition coefficient (Wildman–Crippen LogP) is 2.47. The maximum atomic E-state index is 6.15. The lowest BCUT2D eigenvalue weighted by atomic mass is 10.0. The van der Waals surface area contributed by atoms with E-state index in [0.29, 0.717) is 11.0 Å². The molecule has 0 saturated carbocycles. The van der Waals surface area contributed by atoms with Crippen molar-refractivity contribution >= 4 is 27.5 Å². The summed E-state index contributed by atoms with van der Waals surface area (Å²) in [5, 5.41) is 8.56. The highest BCUT2D eigenvalue weighted by Gasteiger charge is 2.17. The molecule has 4 nitrogen and oxygen atoms in total. The van der Waals surface area contributed by atoms with Crippen LogP contribution in [-0.4, -0.2) is 15.0 Å². The number of nitrogens with two attached hydrogens (primary N) is 1. The molecule has 0 amide bonds. The molecule has 2 N–H and O–H groups in total. The molecule has 0 aliphatic heterocycles. The molecule has 17 heavy (non-hydrogen) atoms. The summed E-state index contributed by atoms with van der Waals surface area (Å²) in [5.74, 6) is 0. The molecule has 0 fully saturated rings. The second-order valence-corrected chi connectivity index (χ2v) is 4.95. The minimum absolute atomic E-state index is 0.190. The van der Waals surface area contributed by atoms with Crippen molar-refractivity contribution in [2.45, 2.75) is 12.5 Å². The minimum atomic E-state index is -0.190. The summed E-state index contributed by atoms with van der Waals surface area (Å²) in [7, 11) is 1.82. The molecule has 1 aromatic heterocycles. The molecule has 2 rings (SSSR count). The number of aromatic nitrogens is 3. The van der Waals surface area contributed by atoms with Crippen LogP contribution in [0.4, 0.5) is 0 Å². The van der Waals surface area contributed by atoms with E-state index in [1.807, 2.05) is 31.3 Å². The van der Waals surface area contributed by atoms with Crippen molar-refractivity contribution in [2.75, 3.05) is 0 Å². The van der Waals surface area contributed by atoms with Crippen LogP contribution < -0.4 is 5.73 Å². The highest BCUT2D eigenvalue weighted by atomic mass is 79.9. The molecule has 1 aromatic carbocycles. The van der Waals surface area contributed by atoms with E-state index < -0.39 is 0 Å². The Morgan fingerprint density at radius 1 is 1.47 bits per heavy atom. The van der Waals surface area contributed by atoms with E-state index in [9.17, 15) is 0 Å². The Morgan fingerprint density at radius 3 is 2.76 bits per heavy atom. The second kappa shape index (κ2) is 5.16. The van der Waals surface area contributed by atoms with Gasteiger partial charge in [0.1, 0.15) is 0 Å². The van der Waals surface area contributed by atoms with Crippen LogP contribution >= 0.6 is 27.5 Å². The van der Waals surface area contributed by atoms with E-state index in [1.165, 1.54) is 0 Å². The Bertz CT molecular complexity index is 506. The van der Waals surface area contributed by atoms with Gasteiger partial charge in [-0.05, 0) is 34.0 Å². The predicted molar refractivity (Wildman–Crippen MR) is 70.8 cm³/mol. The van der Waals surface area contributed by atoms with Crippen molar-refractivity contribution in [1.82, 2.24) is 15.0 Å². The Kier molecular flexibility index (Phi) is 3.81. The van der Waals surface area contributed by atoms with Crippen LogP contribution in [-0.2, 0) is 13.5 Å². The first-order valence-corrected chi connectivity index (χ1v) is 6.30. The number of nitrogens with zero attached hydrogens (tertiary/aromatic N) is 3. The fraction of sp³-hybridized carbons (Fsp3) is 0.273. The lowest BCUT2D eigenvalue weighted by Crippen LogP contribution is -2.17. The van der Waals surface area contributed by atoms with Gasteiger partial charge in [-0.1, -0.05) is 35.0 Å². The molecular weight excluding hydrogens is 304 g/mol. The Morgan fingerprint density at radius 2 is 2.18 bits per heavy atom. The standard InChI is InChI=1S/C11H12BrClN4/c1-17-10(11(12)15-16-17)9(14)6-7-4-2-3-5-8(7)13/h2-5,9H,6,14H2,1H3. The summed E-state index contributed by atoms with van der Waals surface area (Å²) in [6, 6.07) is 7.49. The molecule has 6 heteroatoms. The maximum absolute atomic E-state index is 6.15. The summed E-state index contributed by atoms with van der Waals surface area (Å²) in [6.45, 7) is 0. The molecule has 90 valence electrons. The SMILES string of the molecule is Cn1nnc(Br)c1C(N)Cc1ccccc1Cl. The minimum Gasteiger partial charge on any atom is -0.322 e. The third-order valence-electron chi connectivity index (χ3n) is 2.58. The maximum Gasteiger partial charge on any atom is 0.153 e. The van der Waals surface area contributed by atoms with E-state index in [2.05, 4.69) is 26.2 Å². The van der Waals surface area contributed by atoms with Crippen molar-refractivity contribution in [3.05, 3.63) is 45.1 Å². The van der Waals surface area contributed by atoms with Crippen LogP contribution in [0.25, 0.3) is 0 Å². The first-order chi connectivity index (χ1) is 8.09. The Labute approximate surface area is 113 Å². The van der Waals surface area contributed by atoms with E-state index in [4.69, 9.17) is 17.3 Å². The fourth-order valence-corrected chi connectivity index (χ4v) is 2.56. The van der Waals surface area contributed by atoms with Gasteiger partial charge in [-0.3, -0.25) is 0 Å². The molecule has 1 unspecified atom stereocenters. The summed E-state index contributed by atoms with van der Waals surface area (Å²) in [5.41, 5.74) is 8.04. The average molecular weight is 316 g/mol. The first-order valence-electron chi connectivity index (χ1n) is 5.13. The van der Waals surface area contributed by atoms with E-state index in [0.717, 1.165) is 16.3 Å². The van der Waals surface area contributed by atoms with Crippen LogP contribution in [0.5, 0.6) is 0 Å². The molecule has 0 bridgehead atoms. The number of aryl methyl sites for hydroxylation is 1. The van der Waals surface area contributed by atoms with Crippen LogP contribution in [0.2, 0.25) is 5.02 Å². The number of hydrogen-bond donors (Lipinski definition) is 1. The zero-order valence-corrected chi connectivity index (χ0v) is 11.6. The average Bonchev–Trinajstić information content (AvgIpc) is 2.62. The zero-order chi connectivity index (χ0) is 12.4. The molecule has 0 spiro atoms. The highest BCUT2D eigenvalue weighted by Crippen LogP contribution is 2.24. The van der Waals surface area contributed by atoms with Gasteiger partial charge in [0.25, 0.3) is 0 Å². The number of halogens is 2. The van der Waals surface area contributed by atoms with Crippen molar-refractivity contribution in [3.63, 3.8) is 0 Å². The molecule has 0 saturated heterocycles. The van der Waals surface area contributed by atoms with Crippen molar-refractivity contribution in [2.24, 2.45) is 12.8 Å². The normalized spacial score (nSPS) is 12.7. The Balaban J connectivity index is 2.23. The van der Waals surface area contributed by atoms with Gasteiger partial charge in [-0.25, -0.2) is 4.68 Å². The number of benzene rings is 1. The lowest BCUT2D eigenvalue weighted by molar-refractivity contribution is 0.606. The van der Waals surface area contributed by atoms with Crippen molar-refractivity contribution in [3.8, 4) is 0 Å². The monoisotopic (exact) mass is 314 g/mol. The zero-order valence-electron chi connectivity index (χ0n) is 9.27. The van der Waals surface area contributed by atoms with Gasteiger partial charge in [0.15, 0.2) is 4.60 Å². The largest absolute Gasteiger partial charge is 0.322 e. The van der Waals surface area contributed by atoms with Gasteiger partial charge < -0.3 is 5.73 Å². The van der Waals surface area contributed by atoms with Gasteiger partial charge in [-0.15, -0.1) is 5.10 Å². The third kappa shape index (κ3) is 2.68. The van der Waals surface area contributed by atoms with Crippen molar-refractivity contribution in [1.29, 1.82) is 0 Å². The van der Waals surface area contributed by atoms with Gasteiger partial charge in [0.2, 0.25) is 0 Å². The third-order valence-corrected chi connectivity index (χ3v) is 3.51. The summed E-state index contributed by atoms with van der Waals surface area (Å²) in [4.78, 5) is 0. The van der Waals surface area contributed by atoms with E-state index in [-0.39, 0.29) is 6.04 Å². The number of rotatable bonds is 3. The van der Waals surface area contributed by atoms with Crippen LogP contribution in [0.3, 0.4) is 0 Å². The highest BCUT2D eigenvalue weighted by molar-refractivity contribution is 9.10. The molecule has 0 aliphatic rings. The quantitative estimate of drug-likeness (QED) is 0.946. The smallest absolute Gasteiger partial charge is 0.153 e. The molecular formula is C11H12BrClN4. The van der Waals surface area contributed by atoms with Crippen LogP contribution in [0.15, 0.2) is 28.9 Å². The summed E-state index contributed by atoms with van der Waals surface area (Å²) in [6.07, 6.45) is 0.652. The van der Waals surface area contributed by atoms with Gasteiger partial charge in [0.05, 0.1) is 11.7 Å². The molecule has 2 aromatic rings. The molecule has 0 radical (unpaired) electrons. The topological polar surface area (TPSA) is 56.7 Å². The first kappa shape index (κ1) is 12.5. The summed E-state index contributed by atoms with van der Waals surface area (Å²) >= 11 is 9.45. The van der Waals surface area contributed by atoms with Crippen LogP contribution in [0, 0.1) is 0 Å². The van der Waals surface area contributed by atoms with Crippen LogP contribution in [0.1, 0.15) is 17.3 Å². The van der Waals surface area contributed by atoms with Crippen molar-refractivity contribution < 1.29 is 0 Å². The summed E-state index contributed by atoms with van der Waals surface area (Å²) < 4.78 is 2.35. The Hall–Kier alpha value is -0.910. The van der Waals surface area contributed by atoms with Gasteiger partial charge in [0, 0.05) is 12.1 Å². The fourth-order valence-electron chi connectivity index (χ4n) is 1.73. The van der Waals surface area contributed by atoms with Gasteiger partial charge in [-0.2, -0.15) is 0 Å². The molecule has 1 heterocycles. The van der Waals surface area contributed by atoms with E-state index in [1.54, 1.807) is 4.68 Å². The lowest BCUT2D eigenvalue weighted by Gasteiger charge is -2.12. The second-order valence-electron chi connectivity index (χ2n) is 3.79. The molecule has 0 aliphatic carbocycles. The number of hydrogen-bond acceptors (Lipinski definition) is 3. The molecule has 1 atom stereocenters. The van der Waals surface area contributed by atoms with Gasteiger partial charge >= 0.3 is 0 Å². The van der Waals surface area contributed by atoms with E-state index >= 15 is 0 Å².